The summed E-state index contributed by atoms with van der Waals surface area (Å²) in [5.74, 6) is -0.289. The summed E-state index contributed by atoms with van der Waals surface area (Å²) in [5.41, 5.74) is 2.20. The zero-order valence-electron chi connectivity index (χ0n) is 16.2. The highest BCUT2D eigenvalue weighted by molar-refractivity contribution is 7.84. The molecule has 3 rings (SSSR count). The lowest BCUT2D eigenvalue weighted by Gasteiger charge is -2.27. The number of allylic oxidation sites excluding steroid dienone is 2. The van der Waals surface area contributed by atoms with Gasteiger partial charge in [-0.25, -0.2) is 4.79 Å². The van der Waals surface area contributed by atoms with Gasteiger partial charge in [-0.05, 0) is 24.6 Å². The third kappa shape index (κ3) is 5.29. The summed E-state index contributed by atoms with van der Waals surface area (Å²) in [6.45, 7) is 5.59. The van der Waals surface area contributed by atoms with Crippen LogP contribution in [0.4, 0.5) is 0 Å². The Morgan fingerprint density at radius 1 is 1.25 bits per heavy atom. The van der Waals surface area contributed by atoms with Crippen LogP contribution >= 0.6 is 12.6 Å². The molecule has 150 valence electrons. The molecule has 2 aliphatic rings. The van der Waals surface area contributed by atoms with Crippen LogP contribution in [0.1, 0.15) is 18.4 Å². The van der Waals surface area contributed by atoms with Gasteiger partial charge in [-0.2, -0.15) is 5.26 Å². The molecule has 28 heavy (non-hydrogen) atoms. The molecule has 0 radical (unpaired) electrons. The van der Waals surface area contributed by atoms with E-state index in [1.165, 1.54) is 7.11 Å². The van der Waals surface area contributed by atoms with Crippen molar-refractivity contribution in [3.05, 3.63) is 51.7 Å². The van der Waals surface area contributed by atoms with Gasteiger partial charge in [0.2, 0.25) is 0 Å². The molecular formula is C20H25N3O4S. The molecule has 0 bridgehead atoms. The Bertz CT molecular complexity index is 781. The Morgan fingerprint density at radius 2 is 1.89 bits per heavy atom. The summed E-state index contributed by atoms with van der Waals surface area (Å²) < 4.78 is 15.0. The van der Waals surface area contributed by atoms with Gasteiger partial charge in [0.1, 0.15) is 5.75 Å². The predicted octanol–water partition coefficient (Wildman–Crippen LogP) is 2.10. The molecule has 0 spiro atoms. The standard InChI is InChI=1S/C16H16N2O3S.C4H9NO/c1-9-13(16(19)21-3)14(12(8-17)15(22)18-9)10-4-6-11(20-2)7-5-10;1-3-6-4-2-5-1/h4-7,14,18,22H,1-3H3;5H,1-4H2. The van der Waals surface area contributed by atoms with E-state index in [0.29, 0.717) is 27.6 Å². The molecule has 1 saturated heterocycles. The van der Waals surface area contributed by atoms with Gasteiger partial charge in [-0.1, -0.05) is 12.1 Å². The Kier molecular flexibility index (Phi) is 8.39. The van der Waals surface area contributed by atoms with Crippen molar-refractivity contribution in [2.45, 2.75) is 12.8 Å². The van der Waals surface area contributed by atoms with E-state index in [1.807, 2.05) is 12.1 Å². The molecule has 1 aromatic rings. The second-order valence-electron chi connectivity index (χ2n) is 6.10. The van der Waals surface area contributed by atoms with E-state index in [1.54, 1.807) is 26.2 Å². The topological polar surface area (TPSA) is 92.6 Å². The maximum atomic E-state index is 12.2. The minimum absolute atomic E-state index is 0.375. The van der Waals surface area contributed by atoms with Crippen molar-refractivity contribution < 1.29 is 19.0 Å². The first-order chi connectivity index (χ1) is 13.5. The molecule has 1 unspecified atom stereocenters. The predicted molar refractivity (Wildman–Crippen MR) is 109 cm³/mol. The average molecular weight is 404 g/mol. The number of carbonyl (C=O) groups is 1. The molecule has 1 aromatic carbocycles. The number of ether oxygens (including phenoxy) is 3. The fraction of sp³-hybridized carbons (Fsp3) is 0.400. The number of rotatable bonds is 3. The summed E-state index contributed by atoms with van der Waals surface area (Å²) in [6.07, 6.45) is 0. The van der Waals surface area contributed by atoms with Crippen LogP contribution in [0.25, 0.3) is 0 Å². The van der Waals surface area contributed by atoms with Crippen LogP contribution in [0.3, 0.4) is 0 Å². The summed E-state index contributed by atoms with van der Waals surface area (Å²) in [4.78, 5) is 12.2. The molecule has 0 saturated carbocycles. The molecule has 2 N–H and O–H groups in total. The van der Waals surface area contributed by atoms with E-state index in [4.69, 9.17) is 14.2 Å². The molecule has 8 heteroatoms. The van der Waals surface area contributed by atoms with Crippen molar-refractivity contribution in [1.29, 1.82) is 5.26 Å². The highest BCUT2D eigenvalue weighted by Crippen LogP contribution is 2.39. The molecule has 0 aromatic heterocycles. The van der Waals surface area contributed by atoms with E-state index >= 15 is 0 Å². The average Bonchev–Trinajstić information content (AvgIpc) is 2.74. The third-order valence-corrected chi connectivity index (χ3v) is 4.72. The van der Waals surface area contributed by atoms with Crippen molar-refractivity contribution in [1.82, 2.24) is 10.6 Å². The highest BCUT2D eigenvalue weighted by atomic mass is 32.1. The number of benzene rings is 1. The number of nitrogens with one attached hydrogen (secondary N) is 2. The molecule has 2 aliphatic heterocycles. The Labute approximate surface area is 170 Å². The van der Waals surface area contributed by atoms with Gasteiger partial charge in [-0.3, -0.25) is 0 Å². The SMILES string of the molecule is C1COCCN1.COC(=O)C1=C(C)NC(S)=C(C#N)C1c1ccc(OC)cc1. The first-order valence-corrected chi connectivity index (χ1v) is 9.30. The van der Waals surface area contributed by atoms with Crippen molar-refractivity contribution in [2.75, 3.05) is 40.5 Å². The van der Waals surface area contributed by atoms with Crippen molar-refractivity contribution >= 4 is 18.6 Å². The van der Waals surface area contributed by atoms with E-state index in [2.05, 4.69) is 29.3 Å². The maximum Gasteiger partial charge on any atom is 0.336 e. The normalized spacial score (nSPS) is 19.0. The van der Waals surface area contributed by atoms with Gasteiger partial charge in [0.15, 0.2) is 0 Å². The van der Waals surface area contributed by atoms with Crippen LogP contribution in [0, 0.1) is 11.3 Å². The minimum atomic E-state index is -0.517. The third-order valence-electron chi connectivity index (χ3n) is 4.36. The monoisotopic (exact) mass is 403 g/mol. The second kappa shape index (κ2) is 10.8. The maximum absolute atomic E-state index is 12.2. The fourth-order valence-corrected chi connectivity index (χ4v) is 3.30. The Morgan fingerprint density at radius 3 is 2.32 bits per heavy atom. The molecule has 0 aliphatic carbocycles. The summed E-state index contributed by atoms with van der Waals surface area (Å²) in [5, 5.41) is 16.0. The smallest absolute Gasteiger partial charge is 0.336 e. The number of carbonyl (C=O) groups excluding carboxylic acids is 1. The molecule has 2 heterocycles. The van der Waals surface area contributed by atoms with Gasteiger partial charge in [0.25, 0.3) is 0 Å². The zero-order valence-corrected chi connectivity index (χ0v) is 17.1. The zero-order chi connectivity index (χ0) is 20.5. The van der Waals surface area contributed by atoms with Gasteiger partial charge in [0, 0.05) is 18.8 Å². The number of thiol groups is 1. The van der Waals surface area contributed by atoms with Crippen molar-refractivity contribution in [2.24, 2.45) is 0 Å². The fourth-order valence-electron chi connectivity index (χ4n) is 2.95. The van der Waals surface area contributed by atoms with Crippen molar-refractivity contribution in [3.63, 3.8) is 0 Å². The number of morpholine rings is 1. The summed E-state index contributed by atoms with van der Waals surface area (Å²) in [7, 11) is 2.90. The first-order valence-electron chi connectivity index (χ1n) is 8.85. The lowest BCUT2D eigenvalue weighted by Crippen LogP contribution is -2.30. The number of methoxy groups -OCH3 is 2. The number of hydrogen-bond donors (Lipinski definition) is 3. The highest BCUT2D eigenvalue weighted by Gasteiger charge is 2.34. The molecule has 1 fully saturated rings. The number of nitriles is 1. The second-order valence-corrected chi connectivity index (χ2v) is 6.55. The van der Waals surface area contributed by atoms with Gasteiger partial charge < -0.3 is 24.8 Å². The molecule has 1 atom stereocenters. The van der Waals surface area contributed by atoms with Crippen LogP contribution in [0.2, 0.25) is 0 Å². The van der Waals surface area contributed by atoms with Crippen LogP contribution in [-0.2, 0) is 14.3 Å². The lowest BCUT2D eigenvalue weighted by molar-refractivity contribution is -0.136. The first kappa shape index (κ1) is 21.8. The Balaban J connectivity index is 0.000000397. The lowest BCUT2D eigenvalue weighted by atomic mass is 9.82. The van der Waals surface area contributed by atoms with E-state index in [0.717, 1.165) is 31.9 Å². The largest absolute Gasteiger partial charge is 0.497 e. The van der Waals surface area contributed by atoms with Gasteiger partial charge in [0.05, 0.1) is 55.6 Å². The minimum Gasteiger partial charge on any atom is -0.497 e. The van der Waals surface area contributed by atoms with Crippen molar-refractivity contribution in [3.8, 4) is 11.8 Å². The molecule has 0 amide bonds. The van der Waals surface area contributed by atoms with Crippen LogP contribution < -0.4 is 15.4 Å². The van der Waals surface area contributed by atoms with Gasteiger partial charge in [-0.15, -0.1) is 12.6 Å². The van der Waals surface area contributed by atoms with Gasteiger partial charge >= 0.3 is 5.97 Å². The molecular weight excluding hydrogens is 378 g/mol. The van der Waals surface area contributed by atoms with E-state index in [-0.39, 0.29) is 0 Å². The number of hydrogen-bond acceptors (Lipinski definition) is 8. The number of esters is 1. The summed E-state index contributed by atoms with van der Waals surface area (Å²) >= 11 is 4.32. The number of nitrogens with zero attached hydrogens (tertiary/aromatic N) is 1. The quantitative estimate of drug-likeness (QED) is 0.526. The summed E-state index contributed by atoms with van der Waals surface area (Å²) in [6, 6.07) is 9.35. The number of dihydropyridines is 1. The van der Waals surface area contributed by atoms with E-state index in [9.17, 15) is 10.1 Å². The molecule has 7 nitrogen and oxygen atoms in total. The van der Waals surface area contributed by atoms with E-state index < -0.39 is 11.9 Å². The Hall–Kier alpha value is -2.47. The van der Waals surface area contributed by atoms with Crippen LogP contribution in [0.15, 0.2) is 46.1 Å². The van der Waals surface area contributed by atoms with Crippen LogP contribution in [-0.4, -0.2) is 46.5 Å². The van der Waals surface area contributed by atoms with Crippen LogP contribution in [0.5, 0.6) is 5.75 Å².